The molecule has 124 valence electrons. The largest absolute Gasteiger partial charge is 0.466 e. The van der Waals surface area contributed by atoms with Gasteiger partial charge in [-0.2, -0.15) is 0 Å². The van der Waals surface area contributed by atoms with Crippen LogP contribution in [0.5, 0.6) is 0 Å². The minimum Gasteiger partial charge on any atom is -0.466 e. The lowest BCUT2D eigenvalue weighted by molar-refractivity contribution is -0.146. The van der Waals surface area contributed by atoms with E-state index < -0.39 is 0 Å². The van der Waals surface area contributed by atoms with Gasteiger partial charge < -0.3 is 14.2 Å². The van der Waals surface area contributed by atoms with Crippen molar-refractivity contribution < 1.29 is 23.8 Å². The summed E-state index contributed by atoms with van der Waals surface area (Å²) in [6.07, 6.45) is 4.86. The second kappa shape index (κ2) is 13.9. The Hall–Kier alpha value is -1.10. The van der Waals surface area contributed by atoms with Crippen LogP contribution in [0.2, 0.25) is 0 Å². The summed E-state index contributed by atoms with van der Waals surface area (Å²) in [6, 6.07) is 0. The molecule has 21 heavy (non-hydrogen) atoms. The molecular weight excluding hydrogens is 272 g/mol. The highest BCUT2D eigenvalue weighted by molar-refractivity contribution is 5.70. The van der Waals surface area contributed by atoms with Crippen molar-refractivity contribution in [3.8, 4) is 0 Å². The molecule has 1 unspecified atom stereocenters. The van der Waals surface area contributed by atoms with E-state index >= 15 is 0 Å². The molecular formula is C16H30O5. The van der Waals surface area contributed by atoms with Gasteiger partial charge in [0.2, 0.25) is 0 Å². The molecule has 0 saturated carbocycles. The van der Waals surface area contributed by atoms with Gasteiger partial charge in [0, 0.05) is 26.6 Å². The summed E-state index contributed by atoms with van der Waals surface area (Å²) in [6.45, 7) is 5.69. The smallest absolute Gasteiger partial charge is 0.305 e. The number of methoxy groups -OCH3 is 1. The van der Waals surface area contributed by atoms with E-state index in [2.05, 4.69) is 6.92 Å². The standard InChI is InChI=1S/C16H30O5/c1-4-5-11-20-15(17)8-6-7-9-16(18)21-13-14(2)10-12-19-3/h14H,4-13H2,1-3H3. The predicted molar refractivity (Wildman–Crippen MR) is 81.0 cm³/mol. The highest BCUT2D eigenvalue weighted by Crippen LogP contribution is 2.06. The van der Waals surface area contributed by atoms with Gasteiger partial charge in [0.15, 0.2) is 0 Å². The fourth-order valence-corrected chi connectivity index (χ4v) is 1.65. The van der Waals surface area contributed by atoms with Crippen LogP contribution >= 0.6 is 0 Å². The Morgan fingerprint density at radius 1 is 0.952 bits per heavy atom. The summed E-state index contributed by atoms with van der Waals surface area (Å²) in [5, 5.41) is 0. The third-order valence-electron chi connectivity index (χ3n) is 3.12. The molecule has 0 amide bonds. The second-order valence-corrected chi connectivity index (χ2v) is 5.35. The van der Waals surface area contributed by atoms with Crippen molar-refractivity contribution in [2.45, 2.75) is 58.8 Å². The van der Waals surface area contributed by atoms with E-state index in [1.54, 1.807) is 7.11 Å². The molecule has 0 N–H and O–H groups in total. The van der Waals surface area contributed by atoms with Crippen LogP contribution in [0.4, 0.5) is 0 Å². The van der Waals surface area contributed by atoms with E-state index in [9.17, 15) is 9.59 Å². The average molecular weight is 302 g/mol. The predicted octanol–water partition coefficient (Wildman–Crippen LogP) is 3.11. The maximum absolute atomic E-state index is 11.5. The Balaban J connectivity index is 3.46. The molecule has 5 nitrogen and oxygen atoms in total. The van der Waals surface area contributed by atoms with E-state index in [-0.39, 0.29) is 11.9 Å². The summed E-state index contributed by atoms with van der Waals surface area (Å²) in [7, 11) is 1.66. The lowest BCUT2D eigenvalue weighted by atomic mass is 10.1. The van der Waals surface area contributed by atoms with Gasteiger partial charge in [0.1, 0.15) is 0 Å². The van der Waals surface area contributed by atoms with Gasteiger partial charge in [-0.3, -0.25) is 9.59 Å². The third-order valence-corrected chi connectivity index (χ3v) is 3.12. The van der Waals surface area contributed by atoms with Crippen LogP contribution in [0.15, 0.2) is 0 Å². The van der Waals surface area contributed by atoms with Crippen LogP contribution in [0.25, 0.3) is 0 Å². The van der Waals surface area contributed by atoms with Crippen LogP contribution in [-0.4, -0.2) is 38.9 Å². The third kappa shape index (κ3) is 13.6. The molecule has 1 atom stereocenters. The summed E-state index contributed by atoms with van der Waals surface area (Å²) in [5.41, 5.74) is 0. The monoisotopic (exact) mass is 302 g/mol. The van der Waals surface area contributed by atoms with Crippen LogP contribution in [-0.2, 0) is 23.8 Å². The molecule has 0 aromatic carbocycles. The number of rotatable bonds is 13. The highest BCUT2D eigenvalue weighted by Gasteiger charge is 2.08. The summed E-state index contributed by atoms with van der Waals surface area (Å²) in [4.78, 5) is 22.8. The SMILES string of the molecule is CCCCOC(=O)CCCCC(=O)OCC(C)CCOC. The molecule has 0 saturated heterocycles. The Morgan fingerprint density at radius 3 is 2.14 bits per heavy atom. The Labute approximate surface area is 128 Å². The topological polar surface area (TPSA) is 61.8 Å². The zero-order chi connectivity index (χ0) is 15.9. The van der Waals surface area contributed by atoms with Crippen LogP contribution in [0.1, 0.15) is 58.8 Å². The van der Waals surface area contributed by atoms with Crippen molar-refractivity contribution in [3.63, 3.8) is 0 Å². The average Bonchev–Trinajstić information content (AvgIpc) is 2.47. The lowest BCUT2D eigenvalue weighted by Gasteiger charge is -2.11. The van der Waals surface area contributed by atoms with Crippen molar-refractivity contribution in [2.75, 3.05) is 26.9 Å². The maximum Gasteiger partial charge on any atom is 0.305 e. The van der Waals surface area contributed by atoms with Gasteiger partial charge >= 0.3 is 11.9 Å². The number of carbonyl (C=O) groups excluding carboxylic acids is 2. The minimum atomic E-state index is -0.196. The van der Waals surface area contributed by atoms with Crippen molar-refractivity contribution >= 4 is 11.9 Å². The molecule has 0 aliphatic rings. The number of unbranched alkanes of at least 4 members (excludes halogenated alkanes) is 2. The minimum absolute atomic E-state index is 0.176. The molecule has 5 heteroatoms. The molecule has 0 heterocycles. The number of hydrogen-bond donors (Lipinski definition) is 0. The van der Waals surface area contributed by atoms with Crippen LogP contribution in [0.3, 0.4) is 0 Å². The number of esters is 2. The van der Waals surface area contributed by atoms with Crippen LogP contribution in [0, 0.1) is 5.92 Å². The molecule has 0 radical (unpaired) electrons. The van der Waals surface area contributed by atoms with Crippen molar-refractivity contribution in [2.24, 2.45) is 5.92 Å². The first-order chi connectivity index (χ1) is 10.1. The van der Waals surface area contributed by atoms with Gasteiger partial charge in [-0.25, -0.2) is 0 Å². The number of carbonyl (C=O) groups is 2. The second-order valence-electron chi connectivity index (χ2n) is 5.35. The van der Waals surface area contributed by atoms with Gasteiger partial charge in [-0.15, -0.1) is 0 Å². The first-order valence-electron chi connectivity index (χ1n) is 7.90. The fraction of sp³-hybridized carbons (Fsp3) is 0.875. The molecule has 0 aliphatic carbocycles. The van der Waals surface area contributed by atoms with Gasteiger partial charge in [-0.05, 0) is 31.6 Å². The Kier molecular flexibility index (Phi) is 13.1. The summed E-state index contributed by atoms with van der Waals surface area (Å²) >= 11 is 0. The molecule has 0 aliphatic heterocycles. The zero-order valence-electron chi connectivity index (χ0n) is 13.7. The normalized spacial score (nSPS) is 12.0. The molecule has 0 bridgehead atoms. The molecule has 0 spiro atoms. The highest BCUT2D eigenvalue weighted by atomic mass is 16.5. The van der Waals surface area contributed by atoms with Crippen molar-refractivity contribution in [1.29, 1.82) is 0 Å². The molecule has 0 fully saturated rings. The Morgan fingerprint density at radius 2 is 1.57 bits per heavy atom. The van der Waals surface area contributed by atoms with Crippen molar-refractivity contribution in [1.82, 2.24) is 0 Å². The zero-order valence-corrected chi connectivity index (χ0v) is 13.7. The molecule has 0 aromatic rings. The number of hydrogen-bond acceptors (Lipinski definition) is 5. The first kappa shape index (κ1) is 19.9. The first-order valence-corrected chi connectivity index (χ1v) is 7.90. The van der Waals surface area contributed by atoms with Gasteiger partial charge in [0.25, 0.3) is 0 Å². The summed E-state index contributed by atoms with van der Waals surface area (Å²) < 4.78 is 15.2. The lowest BCUT2D eigenvalue weighted by Crippen LogP contribution is -2.13. The van der Waals surface area contributed by atoms with E-state index in [1.165, 1.54) is 0 Å². The van der Waals surface area contributed by atoms with Crippen LogP contribution < -0.4 is 0 Å². The molecule has 0 aromatic heterocycles. The van der Waals surface area contributed by atoms with E-state index in [1.807, 2.05) is 6.92 Å². The van der Waals surface area contributed by atoms with E-state index in [0.717, 1.165) is 19.3 Å². The quantitative estimate of drug-likeness (QED) is 0.386. The summed E-state index contributed by atoms with van der Waals surface area (Å²) in [5.74, 6) is -0.0638. The number of ether oxygens (including phenoxy) is 3. The molecule has 0 rings (SSSR count). The maximum atomic E-state index is 11.5. The fourth-order valence-electron chi connectivity index (χ4n) is 1.65. The Bertz CT molecular complexity index is 278. The van der Waals surface area contributed by atoms with E-state index in [0.29, 0.717) is 51.4 Å². The van der Waals surface area contributed by atoms with Gasteiger partial charge in [-0.1, -0.05) is 20.3 Å². The van der Waals surface area contributed by atoms with E-state index in [4.69, 9.17) is 14.2 Å². The van der Waals surface area contributed by atoms with Crippen molar-refractivity contribution in [3.05, 3.63) is 0 Å². The van der Waals surface area contributed by atoms with Gasteiger partial charge in [0.05, 0.1) is 13.2 Å².